The van der Waals surface area contributed by atoms with Gasteiger partial charge >= 0.3 is 0 Å². The molecule has 1 N–H and O–H groups in total. The molecule has 5 heteroatoms. The molecular weight excluding hydrogens is 286 g/mol. The first-order valence-electron chi connectivity index (χ1n) is 7.49. The van der Waals surface area contributed by atoms with E-state index < -0.39 is 10.0 Å². The molecule has 1 heterocycles. The van der Waals surface area contributed by atoms with Crippen molar-refractivity contribution >= 4 is 10.0 Å². The number of aliphatic hydroxyl groups is 1. The molecule has 1 aliphatic heterocycles. The van der Waals surface area contributed by atoms with Crippen LogP contribution in [-0.4, -0.2) is 30.9 Å². The molecule has 0 bridgehead atoms. The van der Waals surface area contributed by atoms with Crippen molar-refractivity contribution in [1.29, 1.82) is 0 Å². The highest BCUT2D eigenvalue weighted by molar-refractivity contribution is 7.88. The monoisotopic (exact) mass is 311 g/mol. The normalized spacial score (nSPS) is 20.1. The standard InChI is InChI=1S/C16H25NO3S/c1-16(2)7-4-9-17(10-8-16)21(19,20)13-15-6-3-5-14(11-15)12-18/h3,5-6,11,18H,4,7-10,12-13H2,1-2H3. The van der Waals surface area contributed by atoms with Gasteiger partial charge in [-0.1, -0.05) is 38.1 Å². The first-order valence-corrected chi connectivity index (χ1v) is 9.10. The second-order valence-electron chi connectivity index (χ2n) is 6.65. The van der Waals surface area contributed by atoms with Crippen molar-refractivity contribution in [2.24, 2.45) is 5.41 Å². The number of rotatable bonds is 4. The Kier molecular flexibility index (Phi) is 5.07. The van der Waals surface area contributed by atoms with E-state index in [1.807, 2.05) is 0 Å². The van der Waals surface area contributed by atoms with Gasteiger partial charge in [-0.25, -0.2) is 12.7 Å². The highest BCUT2D eigenvalue weighted by atomic mass is 32.2. The molecule has 1 aromatic rings. The Bertz CT molecular complexity index is 581. The lowest BCUT2D eigenvalue weighted by molar-refractivity contribution is 0.281. The summed E-state index contributed by atoms with van der Waals surface area (Å²) >= 11 is 0. The SMILES string of the molecule is CC1(C)CCCN(S(=O)(=O)Cc2cccc(CO)c2)CC1. The molecule has 4 nitrogen and oxygen atoms in total. The third kappa shape index (κ3) is 4.53. The second kappa shape index (κ2) is 6.46. The molecule has 0 unspecified atom stereocenters. The van der Waals surface area contributed by atoms with Crippen LogP contribution in [0.25, 0.3) is 0 Å². The minimum atomic E-state index is -3.28. The third-order valence-electron chi connectivity index (χ3n) is 4.22. The predicted octanol–water partition coefficient (Wildman–Crippen LogP) is 2.52. The lowest BCUT2D eigenvalue weighted by Crippen LogP contribution is -2.33. The molecule has 0 aromatic heterocycles. The van der Waals surface area contributed by atoms with Crippen LogP contribution in [0.4, 0.5) is 0 Å². The number of nitrogens with zero attached hydrogens (tertiary/aromatic N) is 1. The van der Waals surface area contributed by atoms with Crippen molar-refractivity contribution in [3.05, 3.63) is 35.4 Å². The van der Waals surface area contributed by atoms with Gasteiger partial charge in [0, 0.05) is 13.1 Å². The molecule has 1 aromatic carbocycles. The zero-order chi connectivity index (χ0) is 15.5. The average molecular weight is 311 g/mol. The third-order valence-corrected chi connectivity index (χ3v) is 6.07. The molecule has 1 fully saturated rings. The molecule has 1 aliphatic rings. The Hall–Kier alpha value is -0.910. The van der Waals surface area contributed by atoms with E-state index in [2.05, 4.69) is 13.8 Å². The Morgan fingerprint density at radius 1 is 1.19 bits per heavy atom. The quantitative estimate of drug-likeness (QED) is 0.929. The maximum absolute atomic E-state index is 12.6. The summed E-state index contributed by atoms with van der Waals surface area (Å²) in [4.78, 5) is 0. The van der Waals surface area contributed by atoms with Gasteiger partial charge in [-0.3, -0.25) is 0 Å². The van der Waals surface area contributed by atoms with Crippen molar-refractivity contribution < 1.29 is 13.5 Å². The van der Waals surface area contributed by atoms with Crippen molar-refractivity contribution in [3.63, 3.8) is 0 Å². The first kappa shape index (κ1) is 16.5. The summed E-state index contributed by atoms with van der Waals surface area (Å²) in [6, 6.07) is 7.16. The summed E-state index contributed by atoms with van der Waals surface area (Å²) in [6.45, 7) is 5.56. The topological polar surface area (TPSA) is 57.6 Å². The molecule has 118 valence electrons. The largest absolute Gasteiger partial charge is 0.392 e. The summed E-state index contributed by atoms with van der Waals surface area (Å²) in [5.41, 5.74) is 1.71. The van der Waals surface area contributed by atoms with Crippen LogP contribution >= 0.6 is 0 Å². The lowest BCUT2D eigenvalue weighted by atomic mass is 9.85. The molecule has 0 aliphatic carbocycles. The smallest absolute Gasteiger partial charge is 0.218 e. The van der Waals surface area contributed by atoms with E-state index in [0.29, 0.717) is 13.1 Å². The van der Waals surface area contributed by atoms with Gasteiger partial charge in [0.2, 0.25) is 10.0 Å². The van der Waals surface area contributed by atoms with Gasteiger partial charge in [0.05, 0.1) is 12.4 Å². The Morgan fingerprint density at radius 2 is 1.90 bits per heavy atom. The van der Waals surface area contributed by atoms with Crippen LogP contribution in [0.2, 0.25) is 0 Å². The van der Waals surface area contributed by atoms with Gasteiger partial charge in [0.15, 0.2) is 0 Å². The van der Waals surface area contributed by atoms with Crippen LogP contribution in [0.15, 0.2) is 24.3 Å². The van der Waals surface area contributed by atoms with Crippen LogP contribution in [0.5, 0.6) is 0 Å². The lowest BCUT2D eigenvalue weighted by Gasteiger charge is -2.23. The van der Waals surface area contributed by atoms with Crippen LogP contribution in [0, 0.1) is 5.41 Å². The fourth-order valence-electron chi connectivity index (χ4n) is 2.80. The number of sulfonamides is 1. The number of aliphatic hydroxyl groups excluding tert-OH is 1. The van der Waals surface area contributed by atoms with E-state index in [4.69, 9.17) is 5.11 Å². The highest BCUT2D eigenvalue weighted by Gasteiger charge is 2.29. The van der Waals surface area contributed by atoms with Gasteiger partial charge in [0.25, 0.3) is 0 Å². The molecule has 21 heavy (non-hydrogen) atoms. The Labute approximate surface area is 127 Å². The fourth-order valence-corrected chi connectivity index (χ4v) is 4.36. The van der Waals surface area contributed by atoms with E-state index >= 15 is 0 Å². The molecule has 0 amide bonds. The fraction of sp³-hybridized carbons (Fsp3) is 0.625. The summed E-state index contributed by atoms with van der Waals surface area (Å²) in [5, 5.41) is 9.14. The molecule has 0 spiro atoms. The highest BCUT2D eigenvalue weighted by Crippen LogP contribution is 2.31. The average Bonchev–Trinajstić information content (AvgIpc) is 2.60. The zero-order valence-electron chi connectivity index (χ0n) is 12.9. The minimum Gasteiger partial charge on any atom is -0.392 e. The van der Waals surface area contributed by atoms with Gasteiger partial charge < -0.3 is 5.11 Å². The summed E-state index contributed by atoms with van der Waals surface area (Å²) in [6.07, 6.45) is 2.89. The van der Waals surface area contributed by atoms with Crippen LogP contribution in [0.1, 0.15) is 44.2 Å². The molecule has 0 saturated carbocycles. The van der Waals surface area contributed by atoms with Gasteiger partial charge in [-0.05, 0) is 35.8 Å². The summed E-state index contributed by atoms with van der Waals surface area (Å²) in [7, 11) is -3.28. The Morgan fingerprint density at radius 3 is 2.62 bits per heavy atom. The maximum atomic E-state index is 12.6. The molecule has 2 rings (SSSR count). The van der Waals surface area contributed by atoms with Crippen LogP contribution in [0.3, 0.4) is 0 Å². The first-order chi connectivity index (χ1) is 9.82. The van der Waals surface area contributed by atoms with E-state index in [1.54, 1.807) is 28.6 Å². The summed E-state index contributed by atoms with van der Waals surface area (Å²) in [5.74, 6) is 0.0151. The van der Waals surface area contributed by atoms with E-state index in [-0.39, 0.29) is 17.8 Å². The molecule has 0 radical (unpaired) electrons. The summed E-state index contributed by atoms with van der Waals surface area (Å²) < 4.78 is 26.8. The van der Waals surface area contributed by atoms with Crippen LogP contribution < -0.4 is 0 Å². The molecular formula is C16H25NO3S. The number of hydrogen-bond donors (Lipinski definition) is 1. The van der Waals surface area contributed by atoms with Crippen molar-refractivity contribution in [2.45, 2.75) is 45.5 Å². The second-order valence-corrected chi connectivity index (χ2v) is 8.62. The zero-order valence-corrected chi connectivity index (χ0v) is 13.7. The molecule has 1 saturated heterocycles. The van der Waals surface area contributed by atoms with Crippen molar-refractivity contribution in [3.8, 4) is 0 Å². The van der Waals surface area contributed by atoms with E-state index in [9.17, 15) is 8.42 Å². The predicted molar refractivity (Wildman–Crippen MR) is 84.2 cm³/mol. The van der Waals surface area contributed by atoms with Gasteiger partial charge in [-0.15, -0.1) is 0 Å². The van der Waals surface area contributed by atoms with Crippen molar-refractivity contribution in [2.75, 3.05) is 13.1 Å². The number of benzene rings is 1. The van der Waals surface area contributed by atoms with Crippen molar-refractivity contribution in [1.82, 2.24) is 4.31 Å². The van der Waals surface area contributed by atoms with Crippen LogP contribution in [-0.2, 0) is 22.4 Å². The van der Waals surface area contributed by atoms with Gasteiger partial charge in [-0.2, -0.15) is 0 Å². The maximum Gasteiger partial charge on any atom is 0.218 e. The van der Waals surface area contributed by atoms with Gasteiger partial charge in [0.1, 0.15) is 0 Å². The molecule has 0 atom stereocenters. The van der Waals surface area contributed by atoms with E-state index in [0.717, 1.165) is 30.4 Å². The van der Waals surface area contributed by atoms with E-state index in [1.165, 1.54) is 0 Å². The minimum absolute atomic E-state index is 0.0151. The number of hydrogen-bond acceptors (Lipinski definition) is 3. The Balaban J connectivity index is 2.10.